The highest BCUT2D eigenvalue weighted by molar-refractivity contribution is 7.49. The highest BCUT2D eigenvalue weighted by Crippen LogP contribution is 2.57. The lowest BCUT2D eigenvalue weighted by atomic mass is 9.81. The molecule has 0 radical (unpaired) electrons. The second kappa shape index (κ2) is 9.44. The summed E-state index contributed by atoms with van der Waals surface area (Å²) in [5.41, 5.74) is 2.58. The molecule has 37 heavy (non-hydrogen) atoms. The molecule has 1 unspecified atom stereocenters. The van der Waals surface area contributed by atoms with Gasteiger partial charge in [-0.25, -0.2) is 4.57 Å². The van der Waals surface area contributed by atoms with Gasteiger partial charge < -0.3 is 18.3 Å². The Balaban J connectivity index is 1.52. The Morgan fingerprint density at radius 1 is 0.865 bits per heavy atom. The average molecular weight is 549 g/mol. The number of fused-ring (bicyclic) bond motifs is 1. The third kappa shape index (κ3) is 5.38. The zero-order chi connectivity index (χ0) is 26.6. The topological polar surface area (TPSA) is 89.5 Å². The number of ether oxygens (including phenoxy) is 1. The second-order valence-corrected chi connectivity index (χ2v) is 14.4. The molecule has 0 bridgehead atoms. The molecule has 1 spiro atoms. The summed E-state index contributed by atoms with van der Waals surface area (Å²) >= 11 is 0. The zero-order valence-electron chi connectivity index (χ0n) is 22.1. The maximum atomic E-state index is 13.5. The molecule has 0 saturated carbocycles. The van der Waals surface area contributed by atoms with Crippen LogP contribution in [0.3, 0.4) is 0 Å². The number of hydrogen-bond donors (Lipinski definition) is 0. The molecule has 10 heteroatoms. The van der Waals surface area contributed by atoms with E-state index in [0.29, 0.717) is 24.5 Å². The molecule has 2 saturated heterocycles. The van der Waals surface area contributed by atoms with Gasteiger partial charge in [0.15, 0.2) is 9.03 Å². The number of phosphoric acid groups is 1. The lowest BCUT2D eigenvalue weighted by Gasteiger charge is -2.40. The molecule has 0 amide bonds. The Labute approximate surface area is 219 Å². The molecule has 2 aromatic carbocycles. The third-order valence-electron chi connectivity index (χ3n) is 6.96. The molecular formula is C27H34O8P2. The van der Waals surface area contributed by atoms with Crippen LogP contribution < -0.4 is 9.26 Å². The third-order valence-corrected chi connectivity index (χ3v) is 8.80. The molecule has 3 aliphatic rings. The van der Waals surface area contributed by atoms with E-state index in [9.17, 15) is 9.36 Å². The number of carbonyl (C=O) groups excluding carboxylic acids is 1. The van der Waals surface area contributed by atoms with Crippen LogP contribution in [0.1, 0.15) is 69.7 Å². The van der Waals surface area contributed by atoms with Gasteiger partial charge in [-0.15, -0.1) is 0 Å². The molecule has 3 aliphatic heterocycles. The van der Waals surface area contributed by atoms with Gasteiger partial charge in [0.25, 0.3) is 0 Å². The van der Waals surface area contributed by atoms with Crippen molar-refractivity contribution in [2.24, 2.45) is 5.41 Å². The van der Waals surface area contributed by atoms with Crippen LogP contribution in [0.5, 0.6) is 11.5 Å². The van der Waals surface area contributed by atoms with Gasteiger partial charge in [0.1, 0.15) is 17.4 Å². The van der Waals surface area contributed by atoms with E-state index >= 15 is 0 Å². The van der Waals surface area contributed by atoms with Crippen LogP contribution in [0.25, 0.3) is 0 Å². The zero-order valence-corrected chi connectivity index (χ0v) is 24.0. The van der Waals surface area contributed by atoms with E-state index < -0.39 is 25.1 Å². The Hall–Kier alpha value is -1.79. The maximum absolute atomic E-state index is 13.5. The van der Waals surface area contributed by atoms with Crippen molar-refractivity contribution in [1.82, 2.24) is 0 Å². The SMILES string of the molecule is CC(C)(C)c1ccc2c(c1)C(c1cc(C(C)(C)C)ccc1OP1(=O)OCC3(COPOC3)CO1)C(=O)O2. The first-order valence-electron chi connectivity index (χ1n) is 12.4. The first-order chi connectivity index (χ1) is 17.3. The minimum Gasteiger partial charge on any atom is -0.425 e. The molecule has 8 nitrogen and oxygen atoms in total. The molecule has 0 aliphatic carbocycles. The summed E-state index contributed by atoms with van der Waals surface area (Å²) in [4.78, 5) is 13.2. The maximum Gasteiger partial charge on any atom is 0.530 e. The molecule has 2 fully saturated rings. The molecule has 0 aromatic heterocycles. The molecule has 2 aromatic rings. The predicted octanol–water partition coefficient (Wildman–Crippen LogP) is 6.41. The molecule has 3 heterocycles. The van der Waals surface area contributed by atoms with Crippen molar-refractivity contribution in [2.75, 3.05) is 26.4 Å². The molecule has 200 valence electrons. The smallest absolute Gasteiger partial charge is 0.425 e. The second-order valence-electron chi connectivity index (χ2n) is 12.1. The van der Waals surface area contributed by atoms with E-state index in [0.717, 1.165) is 16.7 Å². The minimum absolute atomic E-state index is 0.0186. The summed E-state index contributed by atoms with van der Waals surface area (Å²) < 4.78 is 47.4. The first-order valence-corrected chi connectivity index (χ1v) is 14.6. The van der Waals surface area contributed by atoms with Crippen LogP contribution >= 0.6 is 16.9 Å². The Kier molecular flexibility index (Phi) is 6.84. The van der Waals surface area contributed by atoms with E-state index in [-0.39, 0.29) is 38.8 Å². The standard InChI is InChI=1S/C27H34O8P2/c1-25(2,3)17-7-9-21-19(11-17)23(24(28)34-21)20-12-18(26(4,5)6)8-10-22(20)35-37(29)32-15-27(16-33-37)13-30-36-31-14-27/h7-12,23,36H,13-16H2,1-6H3. The highest BCUT2D eigenvalue weighted by Gasteiger charge is 2.47. The Morgan fingerprint density at radius 3 is 2.03 bits per heavy atom. The quantitative estimate of drug-likeness (QED) is 0.247. The van der Waals surface area contributed by atoms with Crippen molar-refractivity contribution in [3.8, 4) is 11.5 Å². The predicted molar refractivity (Wildman–Crippen MR) is 141 cm³/mol. The summed E-state index contributed by atoms with van der Waals surface area (Å²) in [6.45, 7) is 13.7. The Bertz CT molecular complexity index is 1240. The van der Waals surface area contributed by atoms with E-state index in [1.54, 1.807) is 6.07 Å². The van der Waals surface area contributed by atoms with E-state index in [4.69, 9.17) is 27.4 Å². The number of esters is 1. The van der Waals surface area contributed by atoms with Gasteiger partial charge >= 0.3 is 13.8 Å². The van der Waals surface area contributed by atoms with Gasteiger partial charge in [-0.1, -0.05) is 65.8 Å². The summed E-state index contributed by atoms with van der Waals surface area (Å²) in [7, 11) is -3.97. The van der Waals surface area contributed by atoms with Gasteiger partial charge in [0.2, 0.25) is 0 Å². The fourth-order valence-electron chi connectivity index (χ4n) is 4.55. The van der Waals surface area contributed by atoms with Crippen molar-refractivity contribution in [3.63, 3.8) is 0 Å². The fourth-order valence-corrected chi connectivity index (χ4v) is 6.81. The molecule has 0 N–H and O–H groups in total. The van der Waals surface area contributed by atoms with Crippen LogP contribution in [-0.4, -0.2) is 32.4 Å². The average Bonchev–Trinajstić information content (AvgIpc) is 3.16. The van der Waals surface area contributed by atoms with Crippen molar-refractivity contribution in [2.45, 2.75) is 58.3 Å². The normalized spacial score (nSPS) is 28.8. The largest absolute Gasteiger partial charge is 0.530 e. The number of rotatable bonds is 3. The van der Waals surface area contributed by atoms with Crippen molar-refractivity contribution >= 4 is 22.8 Å². The van der Waals surface area contributed by atoms with Gasteiger partial charge in [-0.05, 0) is 34.1 Å². The van der Waals surface area contributed by atoms with Crippen LogP contribution in [0.15, 0.2) is 36.4 Å². The molecule has 1 atom stereocenters. The first kappa shape index (κ1) is 26.8. The van der Waals surface area contributed by atoms with Crippen LogP contribution in [-0.2, 0) is 38.3 Å². The number of carbonyl (C=O) groups is 1. The van der Waals surface area contributed by atoms with Gasteiger partial charge in [-0.2, -0.15) is 0 Å². The Morgan fingerprint density at radius 2 is 1.43 bits per heavy atom. The van der Waals surface area contributed by atoms with Crippen molar-refractivity contribution in [1.29, 1.82) is 0 Å². The number of hydrogen-bond acceptors (Lipinski definition) is 8. The van der Waals surface area contributed by atoms with Gasteiger partial charge in [0.05, 0.1) is 31.8 Å². The number of benzene rings is 2. The monoisotopic (exact) mass is 548 g/mol. The minimum atomic E-state index is -3.95. The summed E-state index contributed by atoms with van der Waals surface area (Å²) in [6, 6.07) is 11.4. The summed E-state index contributed by atoms with van der Waals surface area (Å²) in [5.74, 6) is -0.358. The van der Waals surface area contributed by atoms with E-state index in [1.165, 1.54) is 0 Å². The van der Waals surface area contributed by atoms with Gasteiger partial charge in [0, 0.05) is 11.1 Å². The van der Waals surface area contributed by atoms with Crippen molar-refractivity contribution < 1.29 is 36.7 Å². The molecule has 5 rings (SSSR count). The summed E-state index contributed by atoms with van der Waals surface area (Å²) in [5, 5.41) is 0. The van der Waals surface area contributed by atoms with Crippen LogP contribution in [0.4, 0.5) is 0 Å². The lowest BCUT2D eigenvalue weighted by Crippen LogP contribution is -2.44. The lowest BCUT2D eigenvalue weighted by molar-refractivity contribution is -0.133. The molecular weight excluding hydrogens is 514 g/mol. The summed E-state index contributed by atoms with van der Waals surface area (Å²) in [6.07, 6.45) is 0. The highest BCUT2D eigenvalue weighted by atomic mass is 31.2. The van der Waals surface area contributed by atoms with Crippen LogP contribution in [0.2, 0.25) is 0 Å². The van der Waals surface area contributed by atoms with Gasteiger partial charge in [-0.3, -0.25) is 13.8 Å². The van der Waals surface area contributed by atoms with E-state index in [1.807, 2.05) is 30.3 Å². The van der Waals surface area contributed by atoms with Crippen molar-refractivity contribution in [3.05, 3.63) is 58.7 Å². The van der Waals surface area contributed by atoms with E-state index in [2.05, 4.69) is 41.5 Å². The van der Waals surface area contributed by atoms with Crippen LogP contribution in [0, 0.1) is 5.41 Å². The number of phosphoric ester groups is 1. The fraction of sp³-hybridized carbons (Fsp3) is 0.519.